The van der Waals surface area contributed by atoms with Crippen LogP contribution in [0.4, 0.5) is 0 Å². The Morgan fingerprint density at radius 2 is 1.65 bits per heavy atom. The van der Waals surface area contributed by atoms with Crippen LogP contribution in [0.5, 0.6) is 0 Å². The highest BCUT2D eigenvalue weighted by Gasteiger charge is 2.46. The Balaban J connectivity index is 2.12. The largest absolute Gasteiger partial charge is 0.466 e. The molecule has 31 heavy (non-hydrogen) atoms. The third kappa shape index (κ3) is 3.37. The molecule has 0 amide bonds. The van der Waals surface area contributed by atoms with Crippen molar-refractivity contribution in [1.82, 2.24) is 5.32 Å². The smallest absolute Gasteiger partial charge is 0.336 e. The first-order chi connectivity index (χ1) is 14.6. The van der Waals surface area contributed by atoms with Crippen LogP contribution in [0.15, 0.2) is 80.2 Å². The molecule has 1 N–H and O–H groups in total. The molecule has 1 unspecified atom stereocenters. The second-order valence-electron chi connectivity index (χ2n) is 7.16. The van der Waals surface area contributed by atoms with Gasteiger partial charge in [0.2, 0.25) is 9.84 Å². The predicted molar refractivity (Wildman–Crippen MR) is 115 cm³/mol. The average Bonchev–Trinajstić information content (AvgIpc) is 2.78. The molecule has 0 radical (unpaired) electrons. The number of hydrogen-bond acceptors (Lipinski definition) is 7. The third-order valence-electron chi connectivity index (χ3n) is 5.31. The molecule has 10 heteroatoms. The molecule has 7 nitrogen and oxygen atoms in total. The Labute approximate surface area is 185 Å². The highest BCUT2D eigenvalue weighted by atomic mass is 35.5. The van der Waals surface area contributed by atoms with E-state index in [9.17, 15) is 21.6 Å². The Morgan fingerprint density at radius 3 is 2.29 bits per heavy atom. The maximum Gasteiger partial charge on any atom is 0.336 e. The lowest BCUT2D eigenvalue weighted by Crippen LogP contribution is -2.33. The number of methoxy groups -OCH3 is 1. The van der Waals surface area contributed by atoms with E-state index in [0.29, 0.717) is 11.3 Å². The van der Waals surface area contributed by atoms with Crippen molar-refractivity contribution in [3.8, 4) is 0 Å². The number of halogens is 1. The zero-order valence-electron chi connectivity index (χ0n) is 16.5. The molecular formula is C21H18ClNO6S2. The molecule has 2 aromatic rings. The number of carbonyl (C=O) groups is 1. The molecular weight excluding hydrogens is 462 g/mol. The molecule has 0 saturated heterocycles. The van der Waals surface area contributed by atoms with Gasteiger partial charge in [0.1, 0.15) is 0 Å². The minimum Gasteiger partial charge on any atom is -0.466 e. The number of sulfone groups is 2. The van der Waals surface area contributed by atoms with E-state index in [-0.39, 0.29) is 31.0 Å². The van der Waals surface area contributed by atoms with Crippen LogP contribution in [0.25, 0.3) is 0 Å². The molecule has 162 valence electrons. The number of benzene rings is 2. The summed E-state index contributed by atoms with van der Waals surface area (Å²) in [5, 5.41) is 3.09. The van der Waals surface area contributed by atoms with E-state index in [4.69, 9.17) is 16.3 Å². The van der Waals surface area contributed by atoms with Crippen LogP contribution in [0.3, 0.4) is 0 Å². The Hall–Kier alpha value is -2.62. The fraction of sp³-hybridized carbons (Fsp3) is 0.190. The van der Waals surface area contributed by atoms with Crippen molar-refractivity contribution in [2.24, 2.45) is 0 Å². The number of carbonyl (C=O) groups excluding carboxylic acids is 1. The van der Waals surface area contributed by atoms with Gasteiger partial charge in [-0.3, -0.25) is 0 Å². The molecule has 2 aliphatic heterocycles. The summed E-state index contributed by atoms with van der Waals surface area (Å²) in [6.45, 7) is 1.57. The summed E-state index contributed by atoms with van der Waals surface area (Å²) < 4.78 is 58.7. The summed E-state index contributed by atoms with van der Waals surface area (Å²) in [6.07, 6.45) is 0. The first-order valence-electron chi connectivity index (χ1n) is 9.20. The SMILES string of the molecule is COC(=O)C1=C(C)NC2=C(C1c1ccccc1Cl)S(=O)(=O)c1ccccc1S(=O)(=O)C2. The average molecular weight is 480 g/mol. The van der Waals surface area contributed by atoms with Crippen LogP contribution in [-0.4, -0.2) is 35.7 Å². The number of hydrogen-bond donors (Lipinski definition) is 1. The van der Waals surface area contributed by atoms with Gasteiger partial charge in [-0.15, -0.1) is 0 Å². The lowest BCUT2D eigenvalue weighted by molar-refractivity contribution is -0.136. The molecule has 0 spiro atoms. The van der Waals surface area contributed by atoms with Crippen LogP contribution in [0.2, 0.25) is 5.02 Å². The van der Waals surface area contributed by atoms with Gasteiger partial charge in [-0.1, -0.05) is 41.9 Å². The Kier molecular flexibility index (Phi) is 5.23. The number of fused-ring (bicyclic) bond motifs is 1. The number of esters is 1. The standard InChI is InChI=1S/C21H18ClNO6S2/c1-12-18(21(24)29-2)19(13-7-3-4-8-14(13)22)20-15(23-12)11-30(25,26)16-9-5-6-10-17(16)31(20,27)28/h3-10,19,23H,11H2,1-2H3. The molecule has 2 heterocycles. The van der Waals surface area contributed by atoms with E-state index in [2.05, 4.69) is 5.32 Å². The number of allylic oxidation sites excluding steroid dienone is 2. The lowest BCUT2D eigenvalue weighted by atomic mass is 9.86. The fourth-order valence-electron chi connectivity index (χ4n) is 4.00. The van der Waals surface area contributed by atoms with Crippen LogP contribution in [-0.2, 0) is 29.2 Å². The maximum absolute atomic E-state index is 13.8. The first-order valence-corrected chi connectivity index (χ1v) is 12.7. The van der Waals surface area contributed by atoms with Crippen LogP contribution in [0.1, 0.15) is 18.4 Å². The van der Waals surface area contributed by atoms with E-state index in [1.807, 2.05) is 0 Å². The Bertz CT molecular complexity index is 1390. The van der Waals surface area contributed by atoms with Gasteiger partial charge in [-0.25, -0.2) is 21.6 Å². The summed E-state index contributed by atoms with van der Waals surface area (Å²) in [6, 6.07) is 12.0. The molecule has 2 aliphatic rings. The molecule has 4 rings (SSSR count). The monoisotopic (exact) mass is 479 g/mol. The van der Waals surface area contributed by atoms with Gasteiger partial charge in [0, 0.05) is 16.4 Å². The number of ether oxygens (including phenoxy) is 1. The summed E-state index contributed by atoms with van der Waals surface area (Å²) >= 11 is 6.41. The predicted octanol–water partition coefficient (Wildman–Crippen LogP) is 2.95. The summed E-state index contributed by atoms with van der Waals surface area (Å²) in [5.74, 6) is -2.44. The highest BCUT2D eigenvalue weighted by molar-refractivity contribution is 7.97. The number of dihydropyridines is 1. The zero-order valence-corrected chi connectivity index (χ0v) is 18.9. The minimum atomic E-state index is -4.33. The van der Waals surface area contributed by atoms with E-state index in [0.717, 1.165) is 0 Å². The van der Waals surface area contributed by atoms with Gasteiger partial charge in [-0.05, 0) is 30.7 Å². The van der Waals surface area contributed by atoms with E-state index < -0.39 is 37.3 Å². The maximum atomic E-state index is 13.8. The zero-order chi connectivity index (χ0) is 22.6. The van der Waals surface area contributed by atoms with Crippen molar-refractivity contribution in [1.29, 1.82) is 0 Å². The Morgan fingerprint density at radius 1 is 1.03 bits per heavy atom. The molecule has 0 bridgehead atoms. The van der Waals surface area contributed by atoms with Gasteiger partial charge in [0.15, 0.2) is 9.84 Å². The van der Waals surface area contributed by atoms with E-state index >= 15 is 0 Å². The lowest BCUT2D eigenvalue weighted by Gasteiger charge is -2.31. The molecule has 0 aliphatic carbocycles. The summed E-state index contributed by atoms with van der Waals surface area (Å²) in [7, 11) is -7.11. The van der Waals surface area contributed by atoms with Crippen molar-refractivity contribution in [2.75, 3.05) is 12.9 Å². The summed E-state index contributed by atoms with van der Waals surface area (Å²) in [5.41, 5.74) is 0.700. The van der Waals surface area contributed by atoms with E-state index in [1.165, 1.54) is 31.4 Å². The van der Waals surface area contributed by atoms with E-state index in [1.54, 1.807) is 31.2 Å². The van der Waals surface area contributed by atoms with Crippen LogP contribution < -0.4 is 5.32 Å². The van der Waals surface area contributed by atoms with Crippen molar-refractivity contribution in [3.63, 3.8) is 0 Å². The topological polar surface area (TPSA) is 107 Å². The fourth-order valence-corrected chi connectivity index (χ4v) is 8.30. The van der Waals surface area contributed by atoms with Crippen molar-refractivity contribution >= 4 is 37.2 Å². The highest BCUT2D eigenvalue weighted by Crippen LogP contribution is 2.47. The van der Waals surface area contributed by atoms with Crippen molar-refractivity contribution in [2.45, 2.75) is 22.6 Å². The van der Waals surface area contributed by atoms with Gasteiger partial charge in [0.05, 0.1) is 39.0 Å². The summed E-state index contributed by atoms with van der Waals surface area (Å²) in [4.78, 5) is 11.9. The molecule has 0 saturated carbocycles. The minimum absolute atomic E-state index is 0.00808. The second-order valence-corrected chi connectivity index (χ2v) is 11.4. The second kappa shape index (κ2) is 7.51. The molecule has 2 aromatic carbocycles. The molecule has 0 fully saturated rings. The number of nitrogens with one attached hydrogen (secondary N) is 1. The van der Waals surface area contributed by atoms with Crippen LogP contribution >= 0.6 is 11.6 Å². The molecule has 1 atom stereocenters. The molecule has 0 aromatic heterocycles. The van der Waals surface area contributed by atoms with Crippen LogP contribution in [0, 0.1) is 0 Å². The third-order valence-corrected chi connectivity index (χ3v) is 9.47. The first kappa shape index (κ1) is 21.6. The van der Waals surface area contributed by atoms with Gasteiger partial charge in [0.25, 0.3) is 0 Å². The normalized spacial score (nSPS) is 21.5. The van der Waals surface area contributed by atoms with Gasteiger partial charge < -0.3 is 10.1 Å². The van der Waals surface area contributed by atoms with Gasteiger partial charge >= 0.3 is 5.97 Å². The van der Waals surface area contributed by atoms with Gasteiger partial charge in [-0.2, -0.15) is 0 Å². The quantitative estimate of drug-likeness (QED) is 0.660. The van der Waals surface area contributed by atoms with Crippen molar-refractivity contribution < 1.29 is 26.4 Å². The van der Waals surface area contributed by atoms with Crippen molar-refractivity contribution in [3.05, 3.63) is 81.0 Å². The number of rotatable bonds is 2.